The highest BCUT2D eigenvalue weighted by atomic mass is 32.1. The summed E-state index contributed by atoms with van der Waals surface area (Å²) in [5.41, 5.74) is 3.71. The van der Waals surface area contributed by atoms with Gasteiger partial charge in [-0.05, 0) is 129 Å². The number of aromatic hydroxyl groups is 3. The molecule has 3 aromatic heterocycles. The summed E-state index contributed by atoms with van der Waals surface area (Å²) in [6.45, 7) is 5.75. The van der Waals surface area contributed by atoms with Crippen molar-refractivity contribution in [1.82, 2.24) is 14.7 Å². The molecule has 2 amide bonds. The Morgan fingerprint density at radius 1 is 0.459 bits per heavy atom. The number of phenols is 3. The third-order valence-electron chi connectivity index (χ3n) is 12.9. The first kappa shape index (κ1) is 50.9. The van der Waals surface area contributed by atoms with Gasteiger partial charge in [-0.15, -0.1) is 34.0 Å². The highest BCUT2D eigenvalue weighted by molar-refractivity contribution is 7.18. The maximum Gasteiger partial charge on any atom is 0.345 e. The molecule has 2 aliphatic heterocycles. The normalized spacial score (nSPS) is 13.7. The van der Waals surface area contributed by atoms with Crippen LogP contribution in [0.2, 0.25) is 0 Å². The van der Waals surface area contributed by atoms with E-state index >= 15 is 0 Å². The lowest BCUT2D eigenvalue weighted by molar-refractivity contribution is 0.0306. The van der Waals surface area contributed by atoms with Crippen LogP contribution in [0, 0.1) is 0 Å². The molecular formula is C57H47N3O11S3. The Balaban J connectivity index is 0.000000137. The van der Waals surface area contributed by atoms with Crippen LogP contribution in [0.4, 0.5) is 0 Å². The first-order valence-electron chi connectivity index (χ1n) is 23.4. The molecular weight excluding hydrogens is 999 g/mol. The summed E-state index contributed by atoms with van der Waals surface area (Å²) in [5, 5.41) is 42.9. The van der Waals surface area contributed by atoms with Crippen molar-refractivity contribution in [3.05, 3.63) is 159 Å². The Morgan fingerprint density at radius 3 is 1.16 bits per heavy atom. The Morgan fingerprint density at radius 2 is 0.811 bits per heavy atom. The van der Waals surface area contributed by atoms with Crippen molar-refractivity contribution >= 4 is 103 Å². The Hall–Kier alpha value is -8.06. The molecule has 14 nitrogen and oxygen atoms in total. The number of carbonyl (C=O) groups excluding carboxylic acids is 5. The largest absolute Gasteiger partial charge is 0.507 e. The van der Waals surface area contributed by atoms with Gasteiger partial charge in [-0.3, -0.25) is 24.0 Å². The van der Waals surface area contributed by atoms with Crippen LogP contribution in [0.3, 0.4) is 0 Å². The second-order valence-electron chi connectivity index (χ2n) is 17.5. The molecule has 2 saturated heterocycles. The summed E-state index contributed by atoms with van der Waals surface area (Å²) in [6, 6.07) is 37.7. The first-order chi connectivity index (χ1) is 35.8. The van der Waals surface area contributed by atoms with Crippen LogP contribution in [0.5, 0.6) is 17.2 Å². The van der Waals surface area contributed by atoms with Crippen molar-refractivity contribution in [3.8, 4) is 48.6 Å². The molecule has 0 spiro atoms. The minimum absolute atomic E-state index is 0.0126. The van der Waals surface area contributed by atoms with E-state index in [2.05, 4.69) is 11.9 Å². The standard InChI is InChI=1S/C21H20N2O3S.C20H17NO4S.C16H10O4S/c1-22-8-10-23(11-9-22)21(26)20-7-6-19(27-20)15-2-4-16-14(12-15)3-5-18(25)17(16)13-24;22-12-16-15-3-1-14(11-13(15)2-4-17(16)23)18-5-6-19(26-18)20(24)21-7-9-25-10-8-21;17-8-12-11-3-1-10(7-9(11)2-4-13(12)18)14-5-6-15(21-14)16(19)20/h2-7,12-13,25H,8-11H2,1H3;1-6,11-12,23H,7-10H2;1-8,18H,(H,19,20). The number of carboxylic acid groups (broad SMARTS) is 1. The number of thiophene rings is 3. The Kier molecular flexibility index (Phi) is 15.4. The van der Waals surface area contributed by atoms with Gasteiger partial charge < -0.3 is 39.9 Å². The highest BCUT2D eigenvalue weighted by Gasteiger charge is 2.23. The smallest absolute Gasteiger partial charge is 0.345 e. The predicted molar refractivity (Wildman–Crippen MR) is 290 cm³/mol. The third-order valence-corrected chi connectivity index (χ3v) is 16.2. The molecule has 6 aromatic carbocycles. The zero-order valence-electron chi connectivity index (χ0n) is 39.7. The van der Waals surface area contributed by atoms with E-state index < -0.39 is 5.97 Å². The fourth-order valence-corrected chi connectivity index (χ4v) is 11.6. The molecule has 0 saturated carbocycles. The second-order valence-corrected chi connectivity index (χ2v) is 20.7. The van der Waals surface area contributed by atoms with Gasteiger partial charge in [-0.25, -0.2) is 4.79 Å². The molecule has 17 heteroatoms. The predicted octanol–water partition coefficient (Wildman–Crippen LogP) is 10.8. The number of likely N-dealkylation sites (N-methyl/N-ethyl adjacent to an activating group) is 1. The molecule has 374 valence electrons. The van der Waals surface area contributed by atoms with Crippen molar-refractivity contribution in [3.63, 3.8) is 0 Å². The molecule has 0 bridgehead atoms. The van der Waals surface area contributed by atoms with Crippen LogP contribution in [0.1, 0.15) is 60.1 Å². The van der Waals surface area contributed by atoms with Gasteiger partial charge >= 0.3 is 5.97 Å². The number of aldehydes is 3. The van der Waals surface area contributed by atoms with Crippen LogP contribution < -0.4 is 0 Å². The Bertz CT molecular complexity index is 3620. The molecule has 0 radical (unpaired) electrons. The number of fused-ring (bicyclic) bond motifs is 3. The van der Waals surface area contributed by atoms with Gasteiger partial charge in [0.2, 0.25) is 0 Å². The number of nitrogens with zero attached hydrogens (tertiary/aromatic N) is 3. The van der Waals surface area contributed by atoms with Crippen molar-refractivity contribution in [2.24, 2.45) is 0 Å². The van der Waals surface area contributed by atoms with Gasteiger partial charge in [-0.1, -0.05) is 54.6 Å². The van der Waals surface area contributed by atoms with Crippen LogP contribution >= 0.6 is 34.0 Å². The minimum Gasteiger partial charge on any atom is -0.507 e. The quantitative estimate of drug-likeness (QED) is 0.0998. The van der Waals surface area contributed by atoms with E-state index in [1.54, 1.807) is 36.4 Å². The molecule has 0 unspecified atom stereocenters. The lowest BCUT2D eigenvalue weighted by Crippen LogP contribution is -2.46. The van der Waals surface area contributed by atoms with Gasteiger partial charge in [-0.2, -0.15) is 0 Å². The van der Waals surface area contributed by atoms with E-state index in [0.29, 0.717) is 71.9 Å². The number of aromatic carboxylic acids is 1. The molecule has 0 aliphatic carbocycles. The van der Waals surface area contributed by atoms with E-state index in [1.165, 1.54) is 52.2 Å². The number of phenolic OH excluding ortho intramolecular Hbond substituents is 3. The minimum atomic E-state index is -0.944. The van der Waals surface area contributed by atoms with Crippen molar-refractivity contribution in [2.45, 2.75) is 0 Å². The number of hydrogen-bond donors (Lipinski definition) is 4. The van der Waals surface area contributed by atoms with Gasteiger partial charge in [0.25, 0.3) is 11.8 Å². The SMILES string of the molecule is CN1CCN(C(=O)c2ccc(-c3ccc4c(C=O)c(O)ccc4c3)s2)CC1.O=Cc1c(O)ccc2cc(-c3ccc(C(=O)N4CCOCC4)s3)ccc12.O=Cc1c(O)ccc2cc(-c3ccc(C(=O)O)s3)ccc12. The molecule has 9 aromatic rings. The first-order valence-corrected chi connectivity index (χ1v) is 25.8. The number of ether oxygens (including phenoxy) is 1. The topological polar surface area (TPSA) is 202 Å². The zero-order valence-corrected chi connectivity index (χ0v) is 42.2. The molecule has 11 rings (SSSR count). The maximum atomic E-state index is 12.7. The number of carboxylic acids is 1. The maximum absolute atomic E-state index is 12.7. The number of benzene rings is 6. The summed E-state index contributed by atoms with van der Waals surface area (Å²) < 4.78 is 5.30. The van der Waals surface area contributed by atoms with E-state index in [4.69, 9.17) is 9.84 Å². The van der Waals surface area contributed by atoms with Gasteiger partial charge in [0, 0.05) is 53.9 Å². The third kappa shape index (κ3) is 10.8. The molecule has 2 aliphatic rings. The van der Waals surface area contributed by atoms with Gasteiger partial charge in [0.05, 0.1) is 39.7 Å². The Labute approximate surface area is 436 Å². The number of carbonyl (C=O) groups is 6. The van der Waals surface area contributed by atoms with E-state index in [0.717, 1.165) is 83.9 Å². The highest BCUT2D eigenvalue weighted by Crippen LogP contribution is 2.37. The molecule has 74 heavy (non-hydrogen) atoms. The number of amides is 2. The average Bonchev–Trinajstić information content (AvgIpc) is 4.25. The van der Waals surface area contributed by atoms with Crippen LogP contribution in [0.15, 0.2) is 127 Å². The van der Waals surface area contributed by atoms with Crippen molar-refractivity contribution in [2.75, 3.05) is 59.5 Å². The van der Waals surface area contributed by atoms with Crippen molar-refractivity contribution in [1.29, 1.82) is 0 Å². The van der Waals surface area contributed by atoms with Crippen LogP contribution in [-0.4, -0.2) is 131 Å². The molecule has 4 N–H and O–H groups in total. The number of hydrogen-bond acceptors (Lipinski definition) is 14. The van der Waals surface area contributed by atoms with Crippen molar-refractivity contribution < 1.29 is 53.9 Å². The van der Waals surface area contributed by atoms with Crippen LogP contribution in [-0.2, 0) is 4.74 Å². The molecule has 0 atom stereocenters. The number of piperazine rings is 1. The molecule has 2 fully saturated rings. The summed E-state index contributed by atoms with van der Waals surface area (Å²) in [4.78, 5) is 80.3. The monoisotopic (exact) mass is 1050 g/mol. The van der Waals surface area contributed by atoms with E-state index in [1.807, 2.05) is 82.6 Å². The average molecular weight is 1050 g/mol. The zero-order chi connectivity index (χ0) is 52.0. The fraction of sp³-hybridized carbons (Fsp3) is 0.158. The number of morpholine rings is 1. The number of rotatable bonds is 9. The van der Waals surface area contributed by atoms with Crippen LogP contribution in [0.25, 0.3) is 63.6 Å². The van der Waals surface area contributed by atoms with Gasteiger partial charge in [0.1, 0.15) is 22.1 Å². The molecule has 5 heterocycles. The second kappa shape index (κ2) is 22.4. The van der Waals surface area contributed by atoms with E-state index in [-0.39, 0.29) is 39.5 Å². The summed E-state index contributed by atoms with van der Waals surface area (Å²) in [5.74, 6) is -0.891. The summed E-state index contributed by atoms with van der Waals surface area (Å²) in [7, 11) is 2.07. The lowest BCUT2D eigenvalue weighted by Gasteiger charge is -2.32. The lowest BCUT2D eigenvalue weighted by atomic mass is 10.0. The summed E-state index contributed by atoms with van der Waals surface area (Å²) in [6.07, 6.45) is 1.97. The summed E-state index contributed by atoms with van der Waals surface area (Å²) >= 11 is 4.14. The van der Waals surface area contributed by atoms with E-state index in [9.17, 15) is 44.1 Å². The van der Waals surface area contributed by atoms with Gasteiger partial charge in [0.15, 0.2) is 18.9 Å². The fourth-order valence-electron chi connectivity index (χ4n) is 8.77.